The Kier molecular flexibility index (Phi) is 7.05. The van der Waals surface area contributed by atoms with Crippen LogP contribution in [0.4, 0.5) is 0 Å². The third kappa shape index (κ3) is 5.47. The van der Waals surface area contributed by atoms with E-state index in [2.05, 4.69) is 15.6 Å². The number of benzene rings is 1. The fourth-order valence-corrected chi connectivity index (χ4v) is 3.46. The van der Waals surface area contributed by atoms with E-state index in [4.69, 9.17) is 9.47 Å². The van der Waals surface area contributed by atoms with E-state index in [0.29, 0.717) is 24.5 Å². The maximum Gasteiger partial charge on any atom is 0.270 e. The van der Waals surface area contributed by atoms with E-state index in [1.165, 1.54) is 0 Å². The van der Waals surface area contributed by atoms with E-state index in [0.717, 1.165) is 31.2 Å². The Bertz CT molecular complexity index is 863. The molecule has 1 saturated carbocycles. The van der Waals surface area contributed by atoms with Crippen LogP contribution >= 0.6 is 0 Å². The maximum atomic E-state index is 12.4. The predicted molar refractivity (Wildman–Crippen MR) is 110 cm³/mol. The van der Waals surface area contributed by atoms with Crippen LogP contribution < -0.4 is 20.1 Å². The number of carbonyl (C=O) groups is 2. The largest absolute Gasteiger partial charge is 0.493 e. The van der Waals surface area contributed by atoms with Crippen molar-refractivity contribution in [1.82, 2.24) is 15.6 Å². The summed E-state index contributed by atoms with van der Waals surface area (Å²) in [6, 6.07) is 10.8. The zero-order valence-electron chi connectivity index (χ0n) is 16.9. The summed E-state index contributed by atoms with van der Waals surface area (Å²) in [4.78, 5) is 29.0. The smallest absolute Gasteiger partial charge is 0.270 e. The molecule has 0 saturated heterocycles. The Morgan fingerprint density at radius 2 is 1.69 bits per heavy atom. The van der Waals surface area contributed by atoms with Gasteiger partial charge in [0.1, 0.15) is 11.4 Å². The van der Waals surface area contributed by atoms with Gasteiger partial charge < -0.3 is 20.1 Å². The number of nitrogens with one attached hydrogen (secondary N) is 2. The van der Waals surface area contributed by atoms with Crippen LogP contribution in [0, 0.1) is 0 Å². The Balaban J connectivity index is 1.54. The topological polar surface area (TPSA) is 89.5 Å². The lowest BCUT2D eigenvalue weighted by atomic mass is 10.1. The first-order valence-corrected chi connectivity index (χ1v) is 9.87. The van der Waals surface area contributed by atoms with Crippen LogP contribution in [0.2, 0.25) is 0 Å². The number of nitrogens with zero attached hydrogens (tertiary/aromatic N) is 1. The van der Waals surface area contributed by atoms with E-state index in [9.17, 15) is 9.59 Å². The lowest BCUT2D eigenvalue weighted by Crippen LogP contribution is -2.34. The van der Waals surface area contributed by atoms with Gasteiger partial charge in [-0.25, -0.2) is 4.98 Å². The van der Waals surface area contributed by atoms with E-state index in [1.807, 2.05) is 18.2 Å². The molecule has 1 fully saturated rings. The molecule has 2 aromatic rings. The van der Waals surface area contributed by atoms with Crippen LogP contribution in [-0.2, 0) is 6.42 Å². The van der Waals surface area contributed by atoms with Gasteiger partial charge in [-0.1, -0.05) is 25.0 Å². The molecule has 1 aromatic carbocycles. The highest BCUT2D eigenvalue weighted by Crippen LogP contribution is 2.27. The first kappa shape index (κ1) is 20.6. The monoisotopic (exact) mass is 397 g/mol. The highest BCUT2D eigenvalue weighted by atomic mass is 16.5. The maximum absolute atomic E-state index is 12.4. The van der Waals surface area contributed by atoms with Gasteiger partial charge in [0.2, 0.25) is 0 Å². The minimum Gasteiger partial charge on any atom is -0.493 e. The molecule has 0 radical (unpaired) electrons. The van der Waals surface area contributed by atoms with Gasteiger partial charge in [-0.2, -0.15) is 0 Å². The Morgan fingerprint density at radius 3 is 2.38 bits per heavy atom. The molecule has 0 atom stereocenters. The standard InChI is InChI=1S/C22H27N3O4/c1-28-19-11-10-15(14-20(19)29-2)12-13-23-21(26)17-8-5-9-18(25-17)22(27)24-16-6-3-4-7-16/h5,8-11,14,16H,3-4,6-7,12-13H2,1-2H3,(H,23,26)(H,24,27). The fraction of sp³-hybridized carbons (Fsp3) is 0.409. The first-order chi connectivity index (χ1) is 14.1. The highest BCUT2D eigenvalue weighted by molar-refractivity contribution is 5.96. The van der Waals surface area contributed by atoms with Gasteiger partial charge in [0.15, 0.2) is 11.5 Å². The molecule has 7 heteroatoms. The number of methoxy groups -OCH3 is 2. The third-order valence-electron chi connectivity index (χ3n) is 5.05. The van der Waals surface area contributed by atoms with E-state index >= 15 is 0 Å². The second-order valence-corrected chi connectivity index (χ2v) is 7.06. The molecule has 2 amide bonds. The summed E-state index contributed by atoms with van der Waals surface area (Å²) >= 11 is 0. The quantitative estimate of drug-likeness (QED) is 0.715. The average Bonchev–Trinajstić information content (AvgIpc) is 3.26. The number of amides is 2. The number of hydrogen-bond acceptors (Lipinski definition) is 5. The third-order valence-corrected chi connectivity index (χ3v) is 5.05. The van der Waals surface area contributed by atoms with Crippen LogP contribution in [-0.4, -0.2) is 43.6 Å². The first-order valence-electron chi connectivity index (χ1n) is 9.87. The van der Waals surface area contributed by atoms with Gasteiger partial charge in [-0.15, -0.1) is 0 Å². The number of carbonyl (C=O) groups excluding carboxylic acids is 2. The molecular formula is C22H27N3O4. The van der Waals surface area contributed by atoms with Crippen molar-refractivity contribution in [1.29, 1.82) is 0 Å². The molecule has 1 heterocycles. The molecule has 1 aliphatic carbocycles. The lowest BCUT2D eigenvalue weighted by Gasteiger charge is -2.12. The van der Waals surface area contributed by atoms with Gasteiger partial charge >= 0.3 is 0 Å². The van der Waals surface area contributed by atoms with Crippen molar-refractivity contribution < 1.29 is 19.1 Å². The minimum atomic E-state index is -0.305. The van der Waals surface area contributed by atoms with Gasteiger partial charge in [0.25, 0.3) is 11.8 Å². The zero-order valence-corrected chi connectivity index (χ0v) is 16.9. The second kappa shape index (κ2) is 9.91. The second-order valence-electron chi connectivity index (χ2n) is 7.06. The molecular weight excluding hydrogens is 370 g/mol. The van der Waals surface area contributed by atoms with Crippen molar-refractivity contribution >= 4 is 11.8 Å². The predicted octanol–water partition coefficient (Wildman–Crippen LogP) is 2.74. The highest BCUT2D eigenvalue weighted by Gasteiger charge is 2.19. The van der Waals surface area contributed by atoms with E-state index < -0.39 is 0 Å². The normalized spacial score (nSPS) is 13.7. The van der Waals surface area contributed by atoms with Crippen LogP contribution in [0.15, 0.2) is 36.4 Å². The Labute approximate surface area is 170 Å². The summed E-state index contributed by atoms with van der Waals surface area (Å²) in [5.74, 6) is 0.786. The van der Waals surface area contributed by atoms with Crippen LogP contribution in [0.5, 0.6) is 11.5 Å². The summed E-state index contributed by atoms with van der Waals surface area (Å²) in [6.07, 6.45) is 4.92. The zero-order chi connectivity index (χ0) is 20.6. The van der Waals surface area contributed by atoms with Crippen molar-refractivity contribution in [2.24, 2.45) is 0 Å². The van der Waals surface area contributed by atoms with Gasteiger partial charge in [0.05, 0.1) is 14.2 Å². The molecule has 1 aliphatic rings. The molecule has 0 spiro atoms. The molecule has 0 bridgehead atoms. The molecule has 29 heavy (non-hydrogen) atoms. The summed E-state index contributed by atoms with van der Waals surface area (Å²) in [7, 11) is 3.18. The van der Waals surface area contributed by atoms with Gasteiger partial charge in [0, 0.05) is 12.6 Å². The van der Waals surface area contributed by atoms with E-state index in [1.54, 1.807) is 32.4 Å². The van der Waals surface area contributed by atoms with Crippen LogP contribution in [0.25, 0.3) is 0 Å². The molecule has 3 rings (SSSR count). The van der Waals surface area contributed by atoms with Gasteiger partial charge in [-0.05, 0) is 49.1 Å². The van der Waals surface area contributed by atoms with Crippen molar-refractivity contribution in [3.05, 3.63) is 53.3 Å². The Hall–Kier alpha value is -3.09. The van der Waals surface area contributed by atoms with Crippen molar-refractivity contribution in [3.8, 4) is 11.5 Å². The van der Waals surface area contributed by atoms with Crippen LogP contribution in [0.1, 0.15) is 52.2 Å². The van der Waals surface area contributed by atoms with Crippen LogP contribution in [0.3, 0.4) is 0 Å². The van der Waals surface area contributed by atoms with Crippen molar-refractivity contribution in [2.75, 3.05) is 20.8 Å². The van der Waals surface area contributed by atoms with Crippen molar-refractivity contribution in [3.63, 3.8) is 0 Å². The van der Waals surface area contributed by atoms with Gasteiger partial charge in [-0.3, -0.25) is 9.59 Å². The molecule has 0 aliphatic heterocycles. The SMILES string of the molecule is COc1ccc(CCNC(=O)c2cccc(C(=O)NC3CCCC3)n2)cc1OC. The summed E-state index contributed by atoms with van der Waals surface area (Å²) in [6.45, 7) is 0.439. The molecule has 2 N–H and O–H groups in total. The van der Waals surface area contributed by atoms with E-state index in [-0.39, 0.29) is 29.2 Å². The Morgan fingerprint density at radius 1 is 1.00 bits per heavy atom. The molecule has 1 aromatic heterocycles. The summed E-state index contributed by atoms with van der Waals surface area (Å²) < 4.78 is 10.5. The van der Waals surface area contributed by atoms with Crippen molar-refractivity contribution in [2.45, 2.75) is 38.1 Å². The number of pyridine rings is 1. The lowest BCUT2D eigenvalue weighted by molar-refractivity contribution is 0.0932. The average molecular weight is 397 g/mol. The minimum absolute atomic E-state index is 0.211. The number of rotatable bonds is 8. The summed E-state index contributed by atoms with van der Waals surface area (Å²) in [5, 5.41) is 5.84. The molecule has 154 valence electrons. The molecule has 7 nitrogen and oxygen atoms in total. The number of aromatic nitrogens is 1. The number of hydrogen-bond donors (Lipinski definition) is 2. The number of ether oxygens (including phenoxy) is 2. The fourth-order valence-electron chi connectivity index (χ4n) is 3.46. The summed E-state index contributed by atoms with van der Waals surface area (Å²) in [5.41, 5.74) is 1.52. The molecule has 0 unspecified atom stereocenters.